The molecule has 2 aromatic carbocycles. The zero-order valence-electron chi connectivity index (χ0n) is 15.8. The number of hydrogen-bond acceptors (Lipinski definition) is 5. The van der Waals surface area contributed by atoms with E-state index in [2.05, 4.69) is 10.6 Å². The van der Waals surface area contributed by atoms with Gasteiger partial charge in [-0.15, -0.1) is 0 Å². The molecular formula is C21H22N2O6. The van der Waals surface area contributed by atoms with Crippen molar-refractivity contribution >= 4 is 23.9 Å². The summed E-state index contributed by atoms with van der Waals surface area (Å²) in [6, 6.07) is 12.4. The predicted molar refractivity (Wildman–Crippen MR) is 106 cm³/mol. The summed E-state index contributed by atoms with van der Waals surface area (Å²) in [6.07, 6.45) is 2.85. The maximum absolute atomic E-state index is 12.0. The third-order valence-corrected chi connectivity index (χ3v) is 3.97. The summed E-state index contributed by atoms with van der Waals surface area (Å²) < 4.78 is 4.98. The van der Waals surface area contributed by atoms with Gasteiger partial charge in [0.05, 0.1) is 13.7 Å². The number of carboxylic acid groups (broad SMARTS) is 1. The fraction of sp³-hybridized carbons (Fsp3) is 0.190. The van der Waals surface area contributed by atoms with Crippen LogP contribution >= 0.6 is 0 Å². The molecule has 4 N–H and O–H groups in total. The van der Waals surface area contributed by atoms with E-state index in [-0.39, 0.29) is 24.5 Å². The minimum absolute atomic E-state index is 0.0192. The Labute approximate surface area is 167 Å². The molecule has 2 aromatic rings. The number of carbonyl (C=O) groups excluding carboxylic acids is 2. The van der Waals surface area contributed by atoms with Gasteiger partial charge in [-0.1, -0.05) is 36.4 Å². The molecule has 0 saturated carbocycles. The van der Waals surface area contributed by atoms with Gasteiger partial charge in [0, 0.05) is 12.5 Å². The second-order valence-electron chi connectivity index (χ2n) is 6.13. The number of carboxylic acids is 1. The van der Waals surface area contributed by atoms with Crippen molar-refractivity contribution in [3.8, 4) is 11.5 Å². The first-order chi connectivity index (χ1) is 13.9. The Bertz CT molecular complexity index is 895. The van der Waals surface area contributed by atoms with Gasteiger partial charge >= 0.3 is 5.97 Å². The molecule has 8 heteroatoms. The fourth-order valence-corrected chi connectivity index (χ4v) is 2.49. The normalized spacial score (nSPS) is 11.6. The molecule has 0 aliphatic heterocycles. The van der Waals surface area contributed by atoms with Gasteiger partial charge in [0.15, 0.2) is 11.5 Å². The monoisotopic (exact) mass is 398 g/mol. The second-order valence-corrected chi connectivity index (χ2v) is 6.13. The lowest BCUT2D eigenvalue weighted by molar-refractivity contribution is -0.141. The molecule has 0 aliphatic rings. The number of benzene rings is 2. The number of aliphatic carboxylic acids is 1. The van der Waals surface area contributed by atoms with E-state index < -0.39 is 23.8 Å². The molecule has 0 radical (unpaired) electrons. The van der Waals surface area contributed by atoms with Gasteiger partial charge in [0.2, 0.25) is 11.8 Å². The highest BCUT2D eigenvalue weighted by Crippen LogP contribution is 2.26. The first-order valence-electron chi connectivity index (χ1n) is 8.78. The van der Waals surface area contributed by atoms with Gasteiger partial charge in [-0.25, -0.2) is 4.79 Å². The van der Waals surface area contributed by atoms with Crippen LogP contribution in [0.1, 0.15) is 11.1 Å². The van der Waals surface area contributed by atoms with Gasteiger partial charge in [0.25, 0.3) is 0 Å². The molecule has 2 rings (SSSR count). The lowest BCUT2D eigenvalue weighted by Gasteiger charge is -2.14. The van der Waals surface area contributed by atoms with Crippen molar-refractivity contribution in [2.24, 2.45) is 0 Å². The van der Waals surface area contributed by atoms with E-state index >= 15 is 0 Å². The number of phenols is 1. The van der Waals surface area contributed by atoms with Crippen LogP contribution in [0.5, 0.6) is 11.5 Å². The van der Waals surface area contributed by atoms with E-state index in [0.717, 1.165) is 5.56 Å². The van der Waals surface area contributed by atoms with Crippen LogP contribution in [0.3, 0.4) is 0 Å². The van der Waals surface area contributed by atoms with Crippen LogP contribution in [-0.4, -0.2) is 47.7 Å². The number of aromatic hydroxyl groups is 1. The van der Waals surface area contributed by atoms with Crippen LogP contribution < -0.4 is 15.4 Å². The maximum Gasteiger partial charge on any atom is 0.326 e. The number of hydrogen-bond donors (Lipinski definition) is 4. The highest BCUT2D eigenvalue weighted by atomic mass is 16.5. The highest BCUT2D eigenvalue weighted by Gasteiger charge is 2.20. The average molecular weight is 398 g/mol. The zero-order valence-corrected chi connectivity index (χ0v) is 15.8. The Hall–Kier alpha value is -3.81. The van der Waals surface area contributed by atoms with Crippen molar-refractivity contribution in [1.82, 2.24) is 10.6 Å². The molecule has 29 heavy (non-hydrogen) atoms. The van der Waals surface area contributed by atoms with Crippen molar-refractivity contribution < 1.29 is 29.3 Å². The molecule has 2 amide bonds. The topological polar surface area (TPSA) is 125 Å². The minimum Gasteiger partial charge on any atom is -0.504 e. The average Bonchev–Trinajstić information content (AvgIpc) is 2.71. The molecule has 0 heterocycles. The number of ether oxygens (including phenoxy) is 1. The summed E-state index contributed by atoms with van der Waals surface area (Å²) in [5.74, 6) is -2.04. The number of methoxy groups -OCH3 is 1. The SMILES string of the molecule is COc1cc(C=CC(=O)NCC(=O)N[C@@H](Cc2ccccc2)C(=O)O)ccc1O. The van der Waals surface area contributed by atoms with E-state index in [0.29, 0.717) is 5.56 Å². The van der Waals surface area contributed by atoms with E-state index in [1.165, 1.54) is 25.3 Å². The van der Waals surface area contributed by atoms with Gasteiger partial charge in [0.1, 0.15) is 6.04 Å². The maximum atomic E-state index is 12.0. The minimum atomic E-state index is -1.16. The first-order valence-corrected chi connectivity index (χ1v) is 8.78. The number of phenolic OH excluding ortho intramolecular Hbond substituents is 1. The molecular weight excluding hydrogens is 376 g/mol. The molecule has 0 aliphatic carbocycles. The standard InChI is InChI=1S/C21H22N2O6/c1-29-18-12-15(7-9-17(18)24)8-10-19(25)22-13-20(26)23-16(21(27)28)11-14-5-3-2-4-6-14/h2-10,12,16,24H,11,13H2,1H3,(H,22,25)(H,23,26)(H,27,28)/t16-/m0/s1. The molecule has 0 unspecified atom stereocenters. The fourth-order valence-electron chi connectivity index (χ4n) is 2.49. The number of amides is 2. The Morgan fingerprint density at radius 3 is 2.52 bits per heavy atom. The molecule has 0 bridgehead atoms. The first kappa shape index (κ1) is 21.5. The van der Waals surface area contributed by atoms with Gasteiger partial charge in [-0.2, -0.15) is 0 Å². The zero-order chi connectivity index (χ0) is 21.2. The quantitative estimate of drug-likeness (QED) is 0.473. The van der Waals surface area contributed by atoms with Crippen molar-refractivity contribution in [2.45, 2.75) is 12.5 Å². The molecule has 8 nitrogen and oxygen atoms in total. The molecule has 152 valence electrons. The van der Waals surface area contributed by atoms with Crippen LogP contribution in [0.15, 0.2) is 54.6 Å². The third-order valence-electron chi connectivity index (χ3n) is 3.97. The molecule has 0 aromatic heterocycles. The largest absolute Gasteiger partial charge is 0.504 e. The van der Waals surface area contributed by atoms with Gasteiger partial charge in [-0.05, 0) is 29.3 Å². The third kappa shape index (κ3) is 7.02. The molecule has 1 atom stereocenters. The highest BCUT2D eigenvalue weighted by molar-refractivity contribution is 5.95. The predicted octanol–water partition coefficient (Wildman–Crippen LogP) is 1.34. The van der Waals surface area contributed by atoms with Crippen molar-refractivity contribution in [3.63, 3.8) is 0 Å². The van der Waals surface area contributed by atoms with E-state index in [1.54, 1.807) is 36.4 Å². The number of carbonyl (C=O) groups is 3. The number of rotatable bonds is 9. The summed E-state index contributed by atoms with van der Waals surface area (Å²) in [6.45, 7) is -0.360. The lowest BCUT2D eigenvalue weighted by atomic mass is 10.1. The Balaban J connectivity index is 1.85. The Morgan fingerprint density at radius 1 is 1.14 bits per heavy atom. The van der Waals surface area contributed by atoms with Gasteiger partial charge in [-0.3, -0.25) is 9.59 Å². The summed E-state index contributed by atoms with van der Waals surface area (Å²) in [5, 5.41) is 23.6. The van der Waals surface area contributed by atoms with E-state index in [1.807, 2.05) is 6.07 Å². The van der Waals surface area contributed by atoms with Crippen LogP contribution in [0, 0.1) is 0 Å². The van der Waals surface area contributed by atoms with Crippen molar-refractivity contribution in [2.75, 3.05) is 13.7 Å². The smallest absolute Gasteiger partial charge is 0.326 e. The molecule has 0 fully saturated rings. The van der Waals surface area contributed by atoms with E-state index in [9.17, 15) is 24.6 Å². The van der Waals surface area contributed by atoms with Crippen LogP contribution in [0.4, 0.5) is 0 Å². The van der Waals surface area contributed by atoms with Crippen LogP contribution in [0.2, 0.25) is 0 Å². The van der Waals surface area contributed by atoms with Crippen molar-refractivity contribution in [1.29, 1.82) is 0 Å². The van der Waals surface area contributed by atoms with E-state index in [4.69, 9.17) is 4.74 Å². The van der Waals surface area contributed by atoms with Crippen molar-refractivity contribution in [3.05, 3.63) is 65.7 Å². The summed E-state index contributed by atoms with van der Waals surface area (Å²) in [4.78, 5) is 35.2. The summed E-state index contributed by atoms with van der Waals surface area (Å²) in [5.41, 5.74) is 1.39. The Kier molecular flexibility index (Phi) is 7.78. The lowest BCUT2D eigenvalue weighted by Crippen LogP contribution is -2.46. The Morgan fingerprint density at radius 2 is 1.86 bits per heavy atom. The number of nitrogens with one attached hydrogen (secondary N) is 2. The van der Waals surface area contributed by atoms with Gasteiger partial charge < -0.3 is 25.6 Å². The summed E-state index contributed by atoms with van der Waals surface area (Å²) >= 11 is 0. The second kappa shape index (κ2) is 10.5. The summed E-state index contributed by atoms with van der Waals surface area (Å²) in [7, 11) is 1.41. The molecule has 0 saturated heterocycles. The molecule has 0 spiro atoms. The van der Waals surface area contributed by atoms with Crippen LogP contribution in [-0.2, 0) is 20.8 Å². The van der Waals surface area contributed by atoms with Crippen LogP contribution in [0.25, 0.3) is 6.08 Å².